The lowest BCUT2D eigenvalue weighted by Crippen LogP contribution is -2.32. The summed E-state index contributed by atoms with van der Waals surface area (Å²) in [5, 5.41) is 9.61. The van der Waals surface area contributed by atoms with Crippen LogP contribution in [0.15, 0.2) is 41.1 Å². The number of benzene rings is 1. The van der Waals surface area contributed by atoms with Crippen molar-refractivity contribution < 1.29 is 14.3 Å². The van der Waals surface area contributed by atoms with E-state index in [4.69, 9.17) is 4.74 Å². The van der Waals surface area contributed by atoms with Gasteiger partial charge in [0.1, 0.15) is 5.75 Å². The van der Waals surface area contributed by atoms with Gasteiger partial charge >= 0.3 is 0 Å². The second kappa shape index (κ2) is 9.97. The Bertz CT molecular complexity index is 696. The van der Waals surface area contributed by atoms with Crippen LogP contribution in [0.5, 0.6) is 5.75 Å². The van der Waals surface area contributed by atoms with Crippen LogP contribution in [0.25, 0.3) is 0 Å². The highest BCUT2D eigenvalue weighted by Gasteiger charge is 2.18. The highest BCUT2D eigenvalue weighted by Crippen LogP contribution is 2.24. The maximum absolute atomic E-state index is 12.3. The molecule has 26 heavy (non-hydrogen) atoms. The Morgan fingerprint density at radius 3 is 2.46 bits per heavy atom. The molecule has 2 amide bonds. The molecule has 0 saturated heterocycles. The van der Waals surface area contributed by atoms with Gasteiger partial charge in [-0.25, -0.2) is 0 Å². The van der Waals surface area contributed by atoms with Gasteiger partial charge in [0.2, 0.25) is 5.91 Å². The Morgan fingerprint density at radius 2 is 1.88 bits per heavy atom. The lowest BCUT2D eigenvalue weighted by molar-refractivity contribution is -0.122. The highest BCUT2D eigenvalue weighted by atomic mass is 32.1. The molecule has 0 aliphatic heterocycles. The molecule has 6 heteroatoms. The Kier molecular flexibility index (Phi) is 7.66. The van der Waals surface area contributed by atoms with Gasteiger partial charge in [0.25, 0.3) is 5.91 Å². The van der Waals surface area contributed by atoms with E-state index in [0.29, 0.717) is 24.9 Å². The molecule has 0 bridgehead atoms. The predicted molar refractivity (Wildman–Crippen MR) is 105 cm³/mol. The maximum atomic E-state index is 12.3. The third-order valence-electron chi connectivity index (χ3n) is 4.11. The Morgan fingerprint density at radius 1 is 1.15 bits per heavy atom. The summed E-state index contributed by atoms with van der Waals surface area (Å²) in [5.74, 6) is 0.962. The smallest absolute Gasteiger partial charge is 0.252 e. The van der Waals surface area contributed by atoms with E-state index in [2.05, 4.69) is 24.5 Å². The van der Waals surface area contributed by atoms with Crippen molar-refractivity contribution in [2.24, 2.45) is 5.92 Å². The molecule has 140 valence electrons. The normalized spacial score (nSPS) is 11.8. The fourth-order valence-corrected chi connectivity index (χ4v) is 3.27. The summed E-state index contributed by atoms with van der Waals surface area (Å²) >= 11 is 1.49. The fourth-order valence-electron chi connectivity index (χ4n) is 2.64. The van der Waals surface area contributed by atoms with Crippen molar-refractivity contribution in [1.82, 2.24) is 10.6 Å². The van der Waals surface area contributed by atoms with Crippen molar-refractivity contribution in [3.63, 3.8) is 0 Å². The first-order chi connectivity index (χ1) is 12.5. The summed E-state index contributed by atoms with van der Waals surface area (Å²) in [6.07, 6.45) is 0.985. The fraction of sp³-hybridized carbons (Fsp3) is 0.400. The lowest BCUT2D eigenvalue weighted by Gasteiger charge is -2.23. The van der Waals surface area contributed by atoms with E-state index in [1.807, 2.05) is 35.0 Å². The zero-order valence-electron chi connectivity index (χ0n) is 15.5. The quantitative estimate of drug-likeness (QED) is 0.657. The van der Waals surface area contributed by atoms with Gasteiger partial charge in [0, 0.05) is 23.9 Å². The second-order valence-electron chi connectivity index (χ2n) is 6.43. The van der Waals surface area contributed by atoms with E-state index >= 15 is 0 Å². The maximum Gasteiger partial charge on any atom is 0.252 e. The second-order valence-corrected chi connectivity index (χ2v) is 7.21. The van der Waals surface area contributed by atoms with E-state index in [1.54, 1.807) is 13.2 Å². The predicted octanol–water partition coefficient (Wildman–Crippen LogP) is 3.78. The molecule has 0 spiro atoms. The number of nitrogens with one attached hydrogen (secondary N) is 2. The van der Waals surface area contributed by atoms with Crippen LogP contribution in [0.2, 0.25) is 0 Å². The molecule has 5 nitrogen and oxygen atoms in total. The lowest BCUT2D eigenvalue weighted by atomic mass is 9.95. The average Bonchev–Trinajstić information content (AvgIpc) is 3.18. The van der Waals surface area contributed by atoms with E-state index in [1.165, 1.54) is 11.3 Å². The number of hydrogen-bond acceptors (Lipinski definition) is 4. The van der Waals surface area contributed by atoms with E-state index in [-0.39, 0.29) is 23.8 Å². The number of carbonyl (C=O) groups is 2. The molecule has 0 radical (unpaired) electrons. The summed E-state index contributed by atoms with van der Waals surface area (Å²) in [4.78, 5) is 24.1. The minimum atomic E-state index is -0.0926. The summed E-state index contributed by atoms with van der Waals surface area (Å²) < 4.78 is 5.18. The Hall–Kier alpha value is -2.34. The molecule has 2 rings (SSSR count). The van der Waals surface area contributed by atoms with Crippen molar-refractivity contribution in [3.05, 3.63) is 52.2 Å². The number of carbonyl (C=O) groups excluding carboxylic acids is 2. The van der Waals surface area contributed by atoms with Crippen molar-refractivity contribution in [1.29, 1.82) is 0 Å². The molecule has 1 aromatic heterocycles. The van der Waals surface area contributed by atoms with Gasteiger partial charge in [-0.3, -0.25) is 9.59 Å². The summed E-state index contributed by atoms with van der Waals surface area (Å²) in [7, 11) is 1.63. The minimum Gasteiger partial charge on any atom is -0.497 e. The number of ether oxygens (including phenoxy) is 1. The Balaban J connectivity index is 1.79. The first-order valence-corrected chi connectivity index (χ1v) is 9.69. The van der Waals surface area contributed by atoms with E-state index in [0.717, 1.165) is 11.3 Å². The monoisotopic (exact) mass is 374 g/mol. The SMILES string of the molecule is COc1ccc([C@H](NC(=O)CCCNC(=O)c2ccsc2)C(C)C)cc1. The molecule has 2 aromatic rings. The van der Waals surface area contributed by atoms with Gasteiger partial charge in [-0.15, -0.1) is 0 Å². The van der Waals surface area contributed by atoms with Gasteiger partial charge in [-0.1, -0.05) is 26.0 Å². The molecule has 0 fully saturated rings. The number of hydrogen-bond donors (Lipinski definition) is 2. The van der Waals surface area contributed by atoms with Crippen LogP contribution >= 0.6 is 11.3 Å². The standard InChI is InChI=1S/C20H26N2O3S/c1-14(2)19(15-6-8-17(25-3)9-7-15)22-18(23)5-4-11-21-20(24)16-10-12-26-13-16/h6-10,12-14,19H,4-5,11H2,1-3H3,(H,21,24)(H,22,23)/t19-/m1/s1. The summed E-state index contributed by atoms with van der Waals surface area (Å²) in [6, 6.07) is 9.49. The van der Waals surface area contributed by atoms with Crippen molar-refractivity contribution in [3.8, 4) is 5.75 Å². The number of rotatable bonds is 9. The molecule has 1 atom stereocenters. The Labute approximate surface area is 158 Å². The molecule has 1 heterocycles. The third-order valence-corrected chi connectivity index (χ3v) is 4.79. The van der Waals surface area contributed by atoms with Gasteiger partial charge in [0.15, 0.2) is 0 Å². The van der Waals surface area contributed by atoms with Crippen LogP contribution in [0, 0.1) is 5.92 Å². The molecule has 0 aliphatic rings. The van der Waals surface area contributed by atoms with Crippen LogP contribution in [0.1, 0.15) is 48.7 Å². The molecule has 1 aromatic carbocycles. The van der Waals surface area contributed by atoms with Gasteiger partial charge in [-0.2, -0.15) is 11.3 Å². The molecule has 2 N–H and O–H groups in total. The summed E-state index contributed by atoms with van der Waals surface area (Å²) in [5.41, 5.74) is 1.72. The topological polar surface area (TPSA) is 67.4 Å². The van der Waals surface area contributed by atoms with Crippen molar-refractivity contribution >= 4 is 23.2 Å². The number of thiophene rings is 1. The third kappa shape index (κ3) is 5.88. The first-order valence-electron chi connectivity index (χ1n) is 8.75. The van der Waals surface area contributed by atoms with Crippen LogP contribution in [0.4, 0.5) is 0 Å². The van der Waals surface area contributed by atoms with Crippen LogP contribution in [-0.2, 0) is 4.79 Å². The largest absolute Gasteiger partial charge is 0.497 e. The number of methoxy groups -OCH3 is 1. The molecular weight excluding hydrogens is 348 g/mol. The molecule has 0 saturated carbocycles. The zero-order valence-corrected chi connectivity index (χ0v) is 16.3. The van der Waals surface area contributed by atoms with E-state index in [9.17, 15) is 9.59 Å². The highest BCUT2D eigenvalue weighted by molar-refractivity contribution is 7.08. The van der Waals surface area contributed by atoms with Gasteiger partial charge in [0.05, 0.1) is 13.2 Å². The molecule has 0 unspecified atom stereocenters. The van der Waals surface area contributed by atoms with Crippen molar-refractivity contribution in [2.75, 3.05) is 13.7 Å². The van der Waals surface area contributed by atoms with Crippen LogP contribution in [0.3, 0.4) is 0 Å². The van der Waals surface area contributed by atoms with Crippen molar-refractivity contribution in [2.45, 2.75) is 32.7 Å². The van der Waals surface area contributed by atoms with Crippen LogP contribution < -0.4 is 15.4 Å². The first kappa shape index (κ1) is 20.0. The average molecular weight is 375 g/mol. The summed E-state index contributed by atoms with van der Waals surface area (Å²) in [6.45, 7) is 4.64. The number of amides is 2. The zero-order chi connectivity index (χ0) is 18.9. The van der Waals surface area contributed by atoms with E-state index < -0.39 is 0 Å². The van der Waals surface area contributed by atoms with Gasteiger partial charge < -0.3 is 15.4 Å². The van der Waals surface area contributed by atoms with Gasteiger partial charge in [-0.05, 0) is 41.5 Å². The molecule has 0 aliphatic carbocycles. The molecular formula is C20H26N2O3S. The minimum absolute atomic E-state index is 0.00991. The van der Waals surface area contributed by atoms with Crippen LogP contribution in [-0.4, -0.2) is 25.5 Å².